The fraction of sp³-hybridized carbons (Fsp3) is 0.333. The Hall–Kier alpha value is -3.20. The van der Waals surface area contributed by atoms with E-state index in [9.17, 15) is 4.79 Å². The molecule has 0 spiro atoms. The maximum Gasteiger partial charge on any atom is 0.212 e. The number of carbonyl (C=O) groups is 1. The Morgan fingerprint density at radius 3 is 2.68 bits per heavy atom. The number of nitrogens with one attached hydrogen (secondary N) is 2. The molecule has 0 atom stereocenters. The Morgan fingerprint density at radius 2 is 2.03 bits per heavy atom. The molecule has 1 fully saturated rings. The van der Waals surface area contributed by atoms with Gasteiger partial charge in [-0.25, -0.2) is 9.37 Å². The molecule has 0 aliphatic heterocycles. The van der Waals surface area contributed by atoms with Crippen LogP contribution in [0.4, 0.5) is 15.9 Å². The summed E-state index contributed by atoms with van der Waals surface area (Å²) in [5, 5.41) is 10.1. The largest absolute Gasteiger partial charge is 0.368 e. The van der Waals surface area contributed by atoms with E-state index < -0.39 is 5.82 Å². The van der Waals surface area contributed by atoms with Crippen molar-refractivity contribution in [1.82, 2.24) is 24.6 Å². The van der Waals surface area contributed by atoms with E-state index in [1.807, 2.05) is 13.8 Å². The maximum absolute atomic E-state index is 15.3. The fourth-order valence-electron chi connectivity index (χ4n) is 3.10. The molecule has 0 radical (unpaired) electrons. The molecule has 1 aliphatic rings. The van der Waals surface area contributed by atoms with Crippen LogP contribution in [0.2, 0.25) is 5.02 Å². The number of aromatic amines is 1. The van der Waals surface area contributed by atoms with Crippen LogP contribution in [0.15, 0.2) is 24.8 Å². The van der Waals surface area contributed by atoms with Crippen molar-refractivity contribution in [2.75, 3.05) is 17.3 Å². The average molecular weight is 444 g/mol. The van der Waals surface area contributed by atoms with Gasteiger partial charge in [0.25, 0.3) is 0 Å². The van der Waals surface area contributed by atoms with E-state index in [1.54, 1.807) is 34.9 Å². The van der Waals surface area contributed by atoms with E-state index in [1.165, 1.54) is 25.5 Å². The predicted octanol–water partition coefficient (Wildman–Crippen LogP) is 4.65. The zero-order chi connectivity index (χ0) is 22.1. The van der Waals surface area contributed by atoms with E-state index >= 15 is 4.39 Å². The number of fused-ring (bicyclic) bond motifs is 2. The fourth-order valence-corrected chi connectivity index (χ4v) is 3.38. The average Bonchev–Trinajstić information content (AvgIpc) is 3.46. The smallest absolute Gasteiger partial charge is 0.212 e. The van der Waals surface area contributed by atoms with E-state index in [2.05, 4.69) is 25.5 Å². The number of hydrogen-bond acceptors (Lipinski definition) is 5. The number of carbonyl (C=O) groups excluding carboxylic acids is 1. The van der Waals surface area contributed by atoms with Crippen LogP contribution in [0.25, 0.3) is 27.8 Å². The van der Waals surface area contributed by atoms with Crippen LogP contribution in [0.1, 0.15) is 33.1 Å². The lowest BCUT2D eigenvalue weighted by molar-refractivity contribution is -0.105. The maximum atomic E-state index is 15.3. The highest BCUT2D eigenvalue weighted by atomic mass is 35.5. The molecule has 0 unspecified atom stereocenters. The summed E-state index contributed by atoms with van der Waals surface area (Å²) in [5.41, 5.74) is 2.33. The standard InChI is InChI=1S/C18H17ClFN7O.C3H6/c1-9(2)26(3)18-16(20)15(19)14(10-4-23-25-17(10)18)11-6-27-7-12(22-8-28)24-13(27)5-21-11;1-2-3-1/h4-9H,1-3H3,(H,22,28)(H,23,25);1-3H2. The number of aromatic nitrogens is 5. The summed E-state index contributed by atoms with van der Waals surface area (Å²) in [4.78, 5) is 21.0. The molecule has 3 aromatic heterocycles. The molecule has 1 saturated carbocycles. The molecular weight excluding hydrogens is 421 g/mol. The minimum absolute atomic E-state index is 0.0328. The highest BCUT2D eigenvalue weighted by Gasteiger charge is 2.25. The molecule has 4 aromatic rings. The third-order valence-electron chi connectivity index (χ3n) is 5.05. The van der Waals surface area contributed by atoms with Gasteiger partial charge in [-0.05, 0) is 13.8 Å². The second-order valence-corrected chi connectivity index (χ2v) is 8.08. The topological polar surface area (TPSA) is 91.2 Å². The lowest BCUT2D eigenvalue weighted by Crippen LogP contribution is -2.27. The van der Waals surface area contributed by atoms with Crippen molar-refractivity contribution in [2.45, 2.75) is 39.2 Å². The number of H-pyrrole nitrogens is 1. The van der Waals surface area contributed by atoms with Gasteiger partial charge in [-0.3, -0.25) is 14.9 Å². The molecule has 0 bridgehead atoms. The van der Waals surface area contributed by atoms with Gasteiger partial charge in [0.05, 0.1) is 34.8 Å². The molecule has 1 amide bonds. The molecule has 8 nitrogen and oxygen atoms in total. The normalized spacial score (nSPS) is 12.7. The summed E-state index contributed by atoms with van der Waals surface area (Å²) in [6.45, 7) is 3.92. The monoisotopic (exact) mass is 443 g/mol. The van der Waals surface area contributed by atoms with Crippen molar-refractivity contribution in [3.8, 4) is 11.3 Å². The lowest BCUT2D eigenvalue weighted by Gasteiger charge is -2.26. The predicted molar refractivity (Wildman–Crippen MR) is 120 cm³/mol. The summed E-state index contributed by atoms with van der Waals surface area (Å²) >= 11 is 6.46. The van der Waals surface area contributed by atoms with E-state index in [0.717, 1.165) is 0 Å². The summed E-state index contributed by atoms with van der Waals surface area (Å²) in [5.74, 6) is -0.158. The summed E-state index contributed by atoms with van der Waals surface area (Å²) in [7, 11) is 1.80. The molecule has 5 rings (SSSR count). The summed E-state index contributed by atoms with van der Waals surface area (Å²) < 4.78 is 17.0. The third kappa shape index (κ3) is 4.05. The van der Waals surface area contributed by atoms with Gasteiger partial charge in [0.1, 0.15) is 5.69 Å². The Balaban J connectivity index is 0.000000710. The zero-order valence-electron chi connectivity index (χ0n) is 17.5. The molecule has 0 saturated heterocycles. The quantitative estimate of drug-likeness (QED) is 0.438. The van der Waals surface area contributed by atoms with Gasteiger partial charge in [0.2, 0.25) is 6.41 Å². The Morgan fingerprint density at radius 1 is 1.29 bits per heavy atom. The minimum atomic E-state index is -0.541. The van der Waals surface area contributed by atoms with Crippen LogP contribution in [0.3, 0.4) is 0 Å². The summed E-state index contributed by atoms with van der Waals surface area (Å²) in [6, 6.07) is 0.0621. The van der Waals surface area contributed by atoms with Crippen LogP contribution in [0.5, 0.6) is 0 Å². The molecule has 162 valence electrons. The number of halogens is 2. The van der Waals surface area contributed by atoms with Crippen molar-refractivity contribution in [1.29, 1.82) is 0 Å². The van der Waals surface area contributed by atoms with E-state index in [0.29, 0.717) is 45.7 Å². The van der Waals surface area contributed by atoms with Gasteiger partial charge in [0.15, 0.2) is 17.3 Å². The van der Waals surface area contributed by atoms with Crippen molar-refractivity contribution < 1.29 is 9.18 Å². The van der Waals surface area contributed by atoms with Crippen LogP contribution >= 0.6 is 11.6 Å². The van der Waals surface area contributed by atoms with Crippen LogP contribution in [-0.4, -0.2) is 44.1 Å². The molecule has 3 heterocycles. The number of hydrogen-bond donors (Lipinski definition) is 2. The Kier molecular flexibility index (Phi) is 5.77. The molecule has 1 aliphatic carbocycles. The molecule has 10 heteroatoms. The second kappa shape index (κ2) is 8.50. The molecule has 2 N–H and O–H groups in total. The first-order valence-corrected chi connectivity index (χ1v) is 10.4. The van der Waals surface area contributed by atoms with Crippen molar-refractivity contribution in [3.63, 3.8) is 0 Å². The van der Waals surface area contributed by atoms with Crippen molar-refractivity contribution >= 4 is 46.1 Å². The van der Waals surface area contributed by atoms with Crippen LogP contribution in [0, 0.1) is 5.82 Å². The van der Waals surface area contributed by atoms with Crippen molar-refractivity contribution in [2.24, 2.45) is 0 Å². The molecule has 31 heavy (non-hydrogen) atoms. The highest BCUT2D eigenvalue weighted by molar-refractivity contribution is 6.35. The number of anilines is 2. The van der Waals surface area contributed by atoms with Gasteiger partial charge in [-0.2, -0.15) is 5.10 Å². The van der Waals surface area contributed by atoms with Crippen LogP contribution < -0.4 is 10.2 Å². The third-order valence-corrected chi connectivity index (χ3v) is 5.41. The lowest BCUT2D eigenvalue weighted by atomic mass is 10.0. The SMILES string of the molecule is C1CC1.CC(C)N(C)c1c(F)c(Cl)c(-c2cn3cc(NC=O)nc3cn2)c2cn[nH]c12. The first kappa shape index (κ1) is 21.0. The first-order valence-electron chi connectivity index (χ1n) is 10.0. The number of benzene rings is 1. The second-order valence-electron chi connectivity index (χ2n) is 7.70. The van der Waals surface area contributed by atoms with Gasteiger partial charge in [-0.15, -0.1) is 0 Å². The van der Waals surface area contributed by atoms with Crippen molar-refractivity contribution in [3.05, 3.63) is 35.6 Å². The number of amides is 1. The van der Waals surface area contributed by atoms with Crippen LogP contribution in [-0.2, 0) is 4.79 Å². The minimum Gasteiger partial charge on any atom is -0.368 e. The van der Waals surface area contributed by atoms with E-state index in [4.69, 9.17) is 11.6 Å². The summed E-state index contributed by atoms with van der Waals surface area (Å²) in [6.07, 6.45) is 11.5. The Bertz CT molecular complexity index is 1240. The highest BCUT2D eigenvalue weighted by Crippen LogP contribution is 2.42. The first-order chi connectivity index (χ1) is 14.9. The molecule has 1 aromatic carbocycles. The van der Waals surface area contributed by atoms with Gasteiger partial charge in [-0.1, -0.05) is 30.9 Å². The van der Waals surface area contributed by atoms with E-state index in [-0.39, 0.29) is 11.1 Å². The zero-order valence-corrected chi connectivity index (χ0v) is 18.2. The van der Waals surface area contributed by atoms with Gasteiger partial charge >= 0.3 is 0 Å². The van der Waals surface area contributed by atoms with Gasteiger partial charge in [0, 0.05) is 30.2 Å². The Labute approximate surface area is 183 Å². The number of rotatable bonds is 5. The number of nitrogens with zero attached hydrogens (tertiary/aromatic N) is 5. The molecular formula is C21H23ClFN7O. The number of imidazole rings is 1. The van der Waals surface area contributed by atoms with Gasteiger partial charge < -0.3 is 14.6 Å².